The molecule has 1 unspecified atom stereocenters. The van der Waals surface area contributed by atoms with Gasteiger partial charge in [-0.05, 0) is 30.3 Å². The molecule has 1 N–H and O–H groups in total. The maximum atomic E-state index is 12.1. The molecule has 0 amide bonds. The maximum absolute atomic E-state index is 12.1. The molecule has 0 fully saturated rings. The van der Waals surface area contributed by atoms with Crippen LogP contribution in [0.5, 0.6) is 0 Å². The second-order valence-electron chi connectivity index (χ2n) is 3.64. The summed E-state index contributed by atoms with van der Waals surface area (Å²) in [6.07, 6.45) is 0. The molecule has 0 radical (unpaired) electrons. The molecule has 3 nitrogen and oxygen atoms in total. The summed E-state index contributed by atoms with van der Waals surface area (Å²) in [5, 5.41) is 9.58. The summed E-state index contributed by atoms with van der Waals surface area (Å²) in [4.78, 5) is 12.3. The Morgan fingerprint density at radius 1 is 1.21 bits per heavy atom. The van der Waals surface area contributed by atoms with Crippen molar-refractivity contribution in [1.82, 2.24) is 0 Å². The number of hydrogen-bond acceptors (Lipinski definition) is 3. The second kappa shape index (κ2) is 6.05. The van der Waals surface area contributed by atoms with Crippen LogP contribution in [0.4, 0.5) is 0 Å². The first-order chi connectivity index (χ1) is 8.97. The van der Waals surface area contributed by atoms with E-state index in [9.17, 15) is 9.00 Å². The fourth-order valence-electron chi connectivity index (χ4n) is 1.40. The molecule has 1 aromatic carbocycles. The van der Waals surface area contributed by atoms with Gasteiger partial charge < -0.3 is 5.11 Å². The van der Waals surface area contributed by atoms with Gasteiger partial charge in [-0.1, -0.05) is 23.2 Å². The van der Waals surface area contributed by atoms with Crippen molar-refractivity contribution in [2.24, 2.45) is 0 Å². The summed E-state index contributed by atoms with van der Waals surface area (Å²) in [5.74, 6) is -0.716. The van der Waals surface area contributed by atoms with E-state index in [0.717, 1.165) is 16.2 Å². The van der Waals surface area contributed by atoms with E-state index in [4.69, 9.17) is 28.3 Å². The topological polar surface area (TPSA) is 54.4 Å². The highest BCUT2D eigenvalue weighted by Gasteiger charge is 2.11. The summed E-state index contributed by atoms with van der Waals surface area (Å²) < 4.78 is 12.1. The zero-order valence-corrected chi connectivity index (χ0v) is 12.6. The molecule has 2 rings (SSSR count). The third-order valence-corrected chi connectivity index (χ3v) is 5.65. The Morgan fingerprint density at radius 2 is 1.95 bits per heavy atom. The number of carboxylic acid groups (broad SMARTS) is 1. The molecule has 0 spiro atoms. The number of hydrogen-bond donors (Lipinski definition) is 1. The first kappa shape index (κ1) is 14.5. The van der Waals surface area contributed by atoms with E-state index in [1.54, 1.807) is 24.3 Å². The maximum Gasteiger partial charge on any atom is 0.345 e. The molecule has 0 saturated heterocycles. The number of carbonyl (C=O) groups is 1. The molecule has 1 heterocycles. The van der Waals surface area contributed by atoms with Crippen molar-refractivity contribution in [1.29, 1.82) is 0 Å². The summed E-state index contributed by atoms with van der Waals surface area (Å²) in [6.45, 7) is 0. The number of thiophene rings is 1. The molecular weight excluding hydrogens is 327 g/mol. The van der Waals surface area contributed by atoms with Crippen LogP contribution in [0.3, 0.4) is 0 Å². The third kappa shape index (κ3) is 3.57. The SMILES string of the molecule is O=C(O)c1ccc(CS(=O)c2ccc(Cl)c(Cl)c2)s1. The molecule has 0 saturated carbocycles. The van der Waals surface area contributed by atoms with Gasteiger partial charge in [0.1, 0.15) is 4.88 Å². The van der Waals surface area contributed by atoms with Crippen LogP contribution in [0.2, 0.25) is 10.0 Å². The molecule has 0 aliphatic carbocycles. The van der Waals surface area contributed by atoms with Crippen molar-refractivity contribution < 1.29 is 14.1 Å². The molecule has 2 aromatic rings. The Kier molecular flexibility index (Phi) is 4.62. The van der Waals surface area contributed by atoms with Crippen molar-refractivity contribution in [2.45, 2.75) is 10.6 Å². The number of aromatic carboxylic acids is 1. The van der Waals surface area contributed by atoms with Gasteiger partial charge in [-0.15, -0.1) is 11.3 Å². The van der Waals surface area contributed by atoms with Gasteiger partial charge in [-0.3, -0.25) is 4.21 Å². The highest BCUT2D eigenvalue weighted by molar-refractivity contribution is 7.84. The van der Waals surface area contributed by atoms with Gasteiger partial charge in [-0.2, -0.15) is 0 Å². The van der Waals surface area contributed by atoms with Crippen molar-refractivity contribution in [3.8, 4) is 0 Å². The van der Waals surface area contributed by atoms with E-state index in [2.05, 4.69) is 0 Å². The minimum atomic E-state index is -1.28. The average molecular weight is 335 g/mol. The number of carboxylic acids is 1. The molecular formula is C12H8Cl2O3S2. The Morgan fingerprint density at radius 3 is 2.53 bits per heavy atom. The number of rotatable bonds is 4. The van der Waals surface area contributed by atoms with Gasteiger partial charge in [0.25, 0.3) is 0 Å². The van der Waals surface area contributed by atoms with Crippen LogP contribution in [-0.2, 0) is 16.6 Å². The quantitative estimate of drug-likeness (QED) is 0.917. The fourth-order valence-corrected chi connectivity index (χ4v) is 3.95. The van der Waals surface area contributed by atoms with Crippen molar-refractivity contribution in [2.75, 3.05) is 0 Å². The molecule has 100 valence electrons. The fraction of sp³-hybridized carbons (Fsp3) is 0.0833. The van der Waals surface area contributed by atoms with E-state index in [1.807, 2.05) is 0 Å². The van der Waals surface area contributed by atoms with Crippen LogP contribution in [0.1, 0.15) is 14.5 Å². The molecule has 19 heavy (non-hydrogen) atoms. The van der Waals surface area contributed by atoms with Gasteiger partial charge in [0, 0.05) is 9.77 Å². The Hall–Kier alpha value is -0.880. The lowest BCUT2D eigenvalue weighted by atomic mass is 10.4. The lowest BCUT2D eigenvalue weighted by molar-refractivity contribution is 0.0702. The van der Waals surface area contributed by atoms with Gasteiger partial charge in [0.2, 0.25) is 0 Å². The van der Waals surface area contributed by atoms with Crippen LogP contribution in [-0.4, -0.2) is 15.3 Å². The third-order valence-electron chi connectivity index (χ3n) is 2.30. The predicted octanol–water partition coefficient (Wildman–Crippen LogP) is 4.06. The Balaban J connectivity index is 2.15. The Bertz CT molecular complexity index is 652. The van der Waals surface area contributed by atoms with Gasteiger partial charge in [-0.25, -0.2) is 4.79 Å². The largest absolute Gasteiger partial charge is 0.477 e. The van der Waals surface area contributed by atoms with Crippen LogP contribution in [0, 0.1) is 0 Å². The Labute approximate surface area is 126 Å². The summed E-state index contributed by atoms with van der Waals surface area (Å²) in [5.41, 5.74) is 0. The van der Waals surface area contributed by atoms with Crippen LogP contribution >= 0.6 is 34.5 Å². The van der Waals surface area contributed by atoms with Crippen LogP contribution in [0.25, 0.3) is 0 Å². The highest BCUT2D eigenvalue weighted by Crippen LogP contribution is 2.26. The normalized spacial score (nSPS) is 12.3. The smallest absolute Gasteiger partial charge is 0.345 e. The summed E-state index contributed by atoms with van der Waals surface area (Å²) >= 11 is 12.8. The molecule has 1 atom stereocenters. The van der Waals surface area contributed by atoms with Crippen molar-refractivity contribution in [3.05, 3.63) is 50.1 Å². The summed E-state index contributed by atoms with van der Waals surface area (Å²) in [6, 6.07) is 7.98. The highest BCUT2D eigenvalue weighted by atomic mass is 35.5. The minimum absolute atomic E-state index is 0.237. The standard InChI is InChI=1S/C12H8Cl2O3S2/c13-9-3-2-8(5-10(9)14)19(17)6-7-1-4-11(18-7)12(15)16/h1-5H,6H2,(H,15,16). The van der Waals surface area contributed by atoms with Gasteiger partial charge >= 0.3 is 5.97 Å². The first-order valence-electron chi connectivity index (χ1n) is 5.13. The second-order valence-corrected chi connectivity index (χ2v) is 7.07. The van der Waals surface area contributed by atoms with Crippen LogP contribution < -0.4 is 0 Å². The molecule has 0 aliphatic rings. The summed E-state index contributed by atoms with van der Waals surface area (Å²) in [7, 11) is -1.28. The zero-order chi connectivity index (χ0) is 14.0. The van der Waals surface area contributed by atoms with Gasteiger partial charge in [0.05, 0.1) is 26.6 Å². The molecule has 7 heteroatoms. The average Bonchev–Trinajstić information content (AvgIpc) is 2.81. The molecule has 0 aliphatic heterocycles. The molecule has 1 aromatic heterocycles. The monoisotopic (exact) mass is 334 g/mol. The van der Waals surface area contributed by atoms with E-state index in [0.29, 0.717) is 14.9 Å². The number of halogens is 2. The lowest BCUT2D eigenvalue weighted by Gasteiger charge is -2.02. The van der Waals surface area contributed by atoms with Crippen LogP contribution in [0.15, 0.2) is 35.2 Å². The van der Waals surface area contributed by atoms with E-state index in [-0.39, 0.29) is 10.6 Å². The van der Waals surface area contributed by atoms with E-state index in [1.165, 1.54) is 6.07 Å². The first-order valence-corrected chi connectivity index (χ1v) is 8.02. The predicted molar refractivity (Wildman–Crippen MR) is 77.9 cm³/mol. The van der Waals surface area contributed by atoms with Gasteiger partial charge in [0.15, 0.2) is 0 Å². The van der Waals surface area contributed by atoms with Crippen molar-refractivity contribution >= 4 is 51.3 Å². The van der Waals surface area contributed by atoms with Crippen molar-refractivity contribution in [3.63, 3.8) is 0 Å². The zero-order valence-electron chi connectivity index (χ0n) is 9.43. The lowest BCUT2D eigenvalue weighted by Crippen LogP contribution is -1.94. The molecule has 0 bridgehead atoms. The van der Waals surface area contributed by atoms with E-state index >= 15 is 0 Å². The number of benzene rings is 1. The van der Waals surface area contributed by atoms with E-state index < -0.39 is 16.8 Å². The minimum Gasteiger partial charge on any atom is -0.477 e.